The number of nitrogens with one attached hydrogen (secondary N) is 2. The van der Waals surface area contributed by atoms with Crippen LogP contribution < -0.4 is 10.1 Å². The highest BCUT2D eigenvalue weighted by atomic mass is 32.1. The average molecular weight is 331 g/mol. The van der Waals surface area contributed by atoms with E-state index in [1.807, 2.05) is 17.5 Å². The summed E-state index contributed by atoms with van der Waals surface area (Å²) in [5, 5.41) is 23.0. The molecule has 0 saturated heterocycles. The maximum absolute atomic E-state index is 10.9. The number of thiophene rings is 1. The fourth-order valence-corrected chi connectivity index (χ4v) is 2.67. The summed E-state index contributed by atoms with van der Waals surface area (Å²) in [5.41, 5.74) is 0.624. The second-order valence-corrected chi connectivity index (χ2v) is 5.53. The number of rotatable bonds is 6. The van der Waals surface area contributed by atoms with E-state index in [1.54, 1.807) is 23.5 Å². The van der Waals surface area contributed by atoms with Crippen molar-refractivity contribution in [2.45, 2.75) is 6.54 Å². The molecule has 2 aromatic heterocycles. The Balaban J connectivity index is 1.70. The molecule has 0 radical (unpaired) electrons. The molecule has 3 aromatic rings. The van der Waals surface area contributed by atoms with Crippen LogP contribution in [0.25, 0.3) is 10.7 Å². The lowest BCUT2D eigenvalue weighted by Gasteiger charge is -2.07. The van der Waals surface area contributed by atoms with Crippen molar-refractivity contribution in [3.05, 3.63) is 51.7 Å². The zero-order valence-electron chi connectivity index (χ0n) is 12.1. The first-order valence-corrected chi connectivity index (χ1v) is 7.57. The van der Waals surface area contributed by atoms with E-state index in [0.29, 0.717) is 23.9 Å². The van der Waals surface area contributed by atoms with Crippen molar-refractivity contribution < 1.29 is 9.66 Å². The number of nitro groups is 1. The second kappa shape index (κ2) is 6.44. The summed E-state index contributed by atoms with van der Waals surface area (Å²) in [6.07, 6.45) is 0. The van der Waals surface area contributed by atoms with Gasteiger partial charge in [-0.2, -0.15) is 5.10 Å². The minimum atomic E-state index is -0.480. The molecular formula is C14H13N5O3S. The zero-order chi connectivity index (χ0) is 16.2. The molecule has 0 aliphatic heterocycles. The molecule has 0 atom stereocenters. The van der Waals surface area contributed by atoms with Crippen molar-refractivity contribution in [2.24, 2.45) is 0 Å². The van der Waals surface area contributed by atoms with E-state index < -0.39 is 4.92 Å². The van der Waals surface area contributed by atoms with E-state index in [9.17, 15) is 10.1 Å². The number of H-pyrrole nitrogens is 1. The Morgan fingerprint density at radius 1 is 1.43 bits per heavy atom. The number of nitrogens with zero attached hydrogens (tertiary/aromatic N) is 3. The van der Waals surface area contributed by atoms with Crippen molar-refractivity contribution in [3.8, 4) is 16.5 Å². The van der Waals surface area contributed by atoms with E-state index in [1.165, 1.54) is 13.2 Å². The van der Waals surface area contributed by atoms with Crippen LogP contribution in [0.3, 0.4) is 0 Å². The minimum absolute atomic E-state index is 0.0716. The largest absolute Gasteiger partial charge is 0.490 e. The lowest BCUT2D eigenvalue weighted by atomic mass is 10.2. The highest BCUT2D eigenvalue weighted by molar-refractivity contribution is 7.13. The molecule has 23 heavy (non-hydrogen) atoms. The first-order valence-electron chi connectivity index (χ1n) is 6.69. The van der Waals surface area contributed by atoms with Gasteiger partial charge in [0.25, 0.3) is 0 Å². The number of methoxy groups -OCH3 is 1. The van der Waals surface area contributed by atoms with Gasteiger partial charge in [0.15, 0.2) is 11.6 Å². The molecule has 1 aromatic carbocycles. The molecule has 0 unspecified atom stereocenters. The van der Waals surface area contributed by atoms with Gasteiger partial charge >= 0.3 is 5.69 Å². The van der Waals surface area contributed by atoms with Gasteiger partial charge in [0.05, 0.1) is 23.5 Å². The number of hydrogen-bond donors (Lipinski definition) is 2. The van der Waals surface area contributed by atoms with E-state index >= 15 is 0 Å². The Morgan fingerprint density at radius 3 is 3.00 bits per heavy atom. The number of aromatic nitrogens is 3. The highest BCUT2D eigenvalue weighted by Gasteiger charge is 2.14. The molecule has 2 N–H and O–H groups in total. The Kier molecular flexibility index (Phi) is 4.20. The van der Waals surface area contributed by atoms with E-state index in [2.05, 4.69) is 20.5 Å². The van der Waals surface area contributed by atoms with Crippen molar-refractivity contribution in [1.29, 1.82) is 0 Å². The summed E-state index contributed by atoms with van der Waals surface area (Å²) >= 11 is 1.57. The Labute approximate surface area is 135 Å². The lowest BCUT2D eigenvalue weighted by molar-refractivity contribution is -0.385. The zero-order valence-corrected chi connectivity index (χ0v) is 13.0. The molecule has 2 heterocycles. The van der Waals surface area contributed by atoms with Crippen LogP contribution in [0.15, 0.2) is 35.7 Å². The van der Waals surface area contributed by atoms with Gasteiger partial charge in [-0.1, -0.05) is 6.07 Å². The molecule has 0 fully saturated rings. The van der Waals surface area contributed by atoms with Crippen LogP contribution in [0, 0.1) is 10.1 Å². The first-order chi connectivity index (χ1) is 11.2. The number of anilines is 1. The molecule has 0 amide bonds. The number of nitro benzene ring substituents is 1. The highest BCUT2D eigenvalue weighted by Crippen LogP contribution is 2.29. The van der Waals surface area contributed by atoms with E-state index in [-0.39, 0.29) is 11.4 Å². The van der Waals surface area contributed by atoms with Gasteiger partial charge in [-0.3, -0.25) is 15.2 Å². The molecule has 0 spiro atoms. The molecule has 8 nitrogen and oxygen atoms in total. The third-order valence-corrected chi connectivity index (χ3v) is 3.98. The lowest BCUT2D eigenvalue weighted by Crippen LogP contribution is -2.02. The smallest absolute Gasteiger partial charge is 0.311 e. The van der Waals surface area contributed by atoms with Crippen LogP contribution in [-0.4, -0.2) is 27.2 Å². The fourth-order valence-electron chi connectivity index (χ4n) is 2.01. The Hall–Kier alpha value is -2.94. The van der Waals surface area contributed by atoms with Gasteiger partial charge in [0.2, 0.25) is 0 Å². The van der Waals surface area contributed by atoms with Gasteiger partial charge in [0, 0.05) is 17.8 Å². The molecule has 0 saturated carbocycles. The van der Waals surface area contributed by atoms with Gasteiger partial charge in [0.1, 0.15) is 5.82 Å². The summed E-state index contributed by atoms with van der Waals surface area (Å²) in [5.74, 6) is 1.53. The van der Waals surface area contributed by atoms with Crippen molar-refractivity contribution in [1.82, 2.24) is 15.2 Å². The van der Waals surface area contributed by atoms with Crippen molar-refractivity contribution in [3.63, 3.8) is 0 Å². The maximum atomic E-state index is 10.9. The van der Waals surface area contributed by atoms with E-state index in [0.717, 1.165) is 4.88 Å². The first kappa shape index (κ1) is 15.0. The second-order valence-electron chi connectivity index (χ2n) is 4.58. The SMILES string of the molecule is COc1cc(NCc2nc(-c3cccs3)n[nH]2)ccc1[N+](=O)[O-]. The molecule has 0 aliphatic carbocycles. The van der Waals surface area contributed by atoms with Crippen LogP contribution >= 0.6 is 11.3 Å². The molecule has 0 bridgehead atoms. The van der Waals surface area contributed by atoms with Gasteiger partial charge in [-0.15, -0.1) is 11.3 Å². The minimum Gasteiger partial charge on any atom is -0.490 e. The molecular weight excluding hydrogens is 318 g/mol. The summed E-state index contributed by atoms with van der Waals surface area (Å²) in [6.45, 7) is 0.416. The predicted molar refractivity (Wildman–Crippen MR) is 86.7 cm³/mol. The Morgan fingerprint density at radius 2 is 2.30 bits per heavy atom. The molecule has 0 aliphatic rings. The van der Waals surface area contributed by atoms with Crippen LogP contribution in [0.2, 0.25) is 0 Å². The summed E-state index contributed by atoms with van der Waals surface area (Å²) < 4.78 is 5.04. The Bertz CT molecular complexity index is 816. The average Bonchev–Trinajstić information content (AvgIpc) is 3.23. The number of ether oxygens (including phenoxy) is 1. The van der Waals surface area contributed by atoms with Crippen LogP contribution in [0.5, 0.6) is 5.75 Å². The number of aromatic amines is 1. The number of benzene rings is 1. The quantitative estimate of drug-likeness (QED) is 0.531. The summed E-state index contributed by atoms with van der Waals surface area (Å²) in [4.78, 5) is 15.8. The summed E-state index contributed by atoms with van der Waals surface area (Å²) in [6, 6.07) is 8.49. The monoisotopic (exact) mass is 331 g/mol. The van der Waals surface area contributed by atoms with Gasteiger partial charge in [-0.25, -0.2) is 4.98 Å². The van der Waals surface area contributed by atoms with Gasteiger partial charge < -0.3 is 10.1 Å². The summed E-state index contributed by atoms with van der Waals surface area (Å²) in [7, 11) is 1.40. The fraction of sp³-hybridized carbons (Fsp3) is 0.143. The molecule has 118 valence electrons. The number of hydrogen-bond acceptors (Lipinski definition) is 7. The van der Waals surface area contributed by atoms with Crippen LogP contribution in [0.1, 0.15) is 5.82 Å². The normalized spacial score (nSPS) is 10.5. The standard InChI is InChI=1S/C14H13N5O3S/c1-22-11-7-9(4-5-10(11)19(20)21)15-8-13-16-14(18-17-13)12-3-2-6-23-12/h2-7,15H,8H2,1H3,(H,16,17,18). The molecule has 3 rings (SSSR count). The van der Waals surface area contributed by atoms with Crippen molar-refractivity contribution >= 4 is 22.7 Å². The van der Waals surface area contributed by atoms with Crippen LogP contribution in [-0.2, 0) is 6.54 Å². The topological polar surface area (TPSA) is 106 Å². The van der Waals surface area contributed by atoms with Crippen LogP contribution in [0.4, 0.5) is 11.4 Å². The third-order valence-electron chi connectivity index (χ3n) is 3.11. The van der Waals surface area contributed by atoms with Gasteiger partial charge in [-0.05, 0) is 17.5 Å². The third kappa shape index (κ3) is 3.29. The predicted octanol–water partition coefficient (Wildman–Crippen LogP) is 3.06. The maximum Gasteiger partial charge on any atom is 0.311 e. The van der Waals surface area contributed by atoms with E-state index in [4.69, 9.17) is 4.74 Å². The molecule has 9 heteroatoms. The van der Waals surface area contributed by atoms with Crippen molar-refractivity contribution in [2.75, 3.05) is 12.4 Å².